The minimum absolute atomic E-state index is 0.0646. The van der Waals surface area contributed by atoms with Crippen LogP contribution in [0.1, 0.15) is 40.2 Å². The van der Waals surface area contributed by atoms with Crippen LogP contribution in [-0.2, 0) is 22.3 Å². The van der Waals surface area contributed by atoms with Gasteiger partial charge in [0, 0.05) is 0 Å². The lowest BCUT2D eigenvalue weighted by molar-refractivity contribution is 0.0291. The van der Waals surface area contributed by atoms with Crippen molar-refractivity contribution in [2.75, 3.05) is 6.61 Å². The third-order valence-corrected chi connectivity index (χ3v) is 4.95. The first-order valence-corrected chi connectivity index (χ1v) is 8.84. The molecular weight excluding hydrogens is 298 g/mol. The van der Waals surface area contributed by atoms with Crippen LogP contribution >= 0.6 is 0 Å². The topological polar surface area (TPSA) is 58.6 Å². The maximum Gasteiger partial charge on any atom is 0.0974 e. The van der Waals surface area contributed by atoms with Crippen molar-refractivity contribution >= 4 is 11.0 Å². The van der Waals surface area contributed by atoms with Crippen molar-refractivity contribution in [3.63, 3.8) is 0 Å². The third kappa shape index (κ3) is 6.57. The van der Waals surface area contributed by atoms with Gasteiger partial charge in [0.25, 0.3) is 0 Å². The fourth-order valence-corrected chi connectivity index (χ4v) is 2.70. The second kappa shape index (κ2) is 8.77. The van der Waals surface area contributed by atoms with E-state index in [2.05, 4.69) is 4.72 Å². The molecule has 1 aromatic rings. The summed E-state index contributed by atoms with van der Waals surface area (Å²) in [7, 11) is -1.24. The molecule has 4 nitrogen and oxygen atoms in total. The number of ether oxygens (including phenoxy) is 1. The molecule has 0 bridgehead atoms. The van der Waals surface area contributed by atoms with Gasteiger partial charge in [-0.3, -0.25) is 0 Å². The number of benzene rings is 1. The molecule has 0 aromatic heterocycles. The van der Waals surface area contributed by atoms with Crippen LogP contribution in [-0.4, -0.2) is 32.8 Å². The lowest BCUT2D eigenvalue weighted by Gasteiger charge is -2.29. The second-order valence-electron chi connectivity index (χ2n) is 6.84. The quantitative estimate of drug-likeness (QED) is 0.772. The molecule has 1 aromatic carbocycles. The van der Waals surface area contributed by atoms with Crippen molar-refractivity contribution < 1.29 is 14.1 Å². The molecule has 3 atom stereocenters. The zero-order chi connectivity index (χ0) is 16.8. The SMILES string of the molecule is CC(C)[C@@H](O)[C@H](COCc1ccccc1)NS(=O)C(C)(C)C. The fourth-order valence-electron chi connectivity index (χ4n) is 1.86. The van der Waals surface area contributed by atoms with Crippen LogP contribution in [0.5, 0.6) is 0 Å². The Bertz CT molecular complexity index is 457. The van der Waals surface area contributed by atoms with Gasteiger partial charge in [-0.25, -0.2) is 8.93 Å². The first-order valence-electron chi connectivity index (χ1n) is 7.69. The summed E-state index contributed by atoms with van der Waals surface area (Å²) in [6.07, 6.45) is -0.609. The minimum atomic E-state index is -1.24. The summed E-state index contributed by atoms with van der Waals surface area (Å²) < 4.78 is 20.6. The van der Waals surface area contributed by atoms with Crippen molar-refractivity contribution in [2.45, 2.75) is 58.1 Å². The van der Waals surface area contributed by atoms with Gasteiger partial charge in [-0.2, -0.15) is 0 Å². The van der Waals surface area contributed by atoms with E-state index in [1.807, 2.05) is 65.0 Å². The molecule has 0 fully saturated rings. The fraction of sp³-hybridized carbons (Fsp3) is 0.647. The lowest BCUT2D eigenvalue weighted by atomic mass is 10.0. The first-order chi connectivity index (χ1) is 10.2. The van der Waals surface area contributed by atoms with Gasteiger partial charge in [-0.1, -0.05) is 44.2 Å². The molecule has 0 saturated carbocycles. The highest BCUT2D eigenvalue weighted by Crippen LogP contribution is 2.14. The molecule has 0 amide bonds. The molecule has 22 heavy (non-hydrogen) atoms. The molecule has 0 aliphatic carbocycles. The molecular formula is C17H29NO3S. The van der Waals surface area contributed by atoms with Gasteiger partial charge >= 0.3 is 0 Å². The molecule has 0 saturated heterocycles. The van der Waals surface area contributed by atoms with Gasteiger partial charge in [0.15, 0.2) is 0 Å². The zero-order valence-corrected chi connectivity index (χ0v) is 15.0. The highest BCUT2D eigenvalue weighted by atomic mass is 32.2. The summed E-state index contributed by atoms with van der Waals surface area (Å²) in [5, 5.41) is 10.3. The number of aliphatic hydroxyl groups excluding tert-OH is 1. The van der Waals surface area contributed by atoms with Crippen LogP contribution in [0.4, 0.5) is 0 Å². The van der Waals surface area contributed by atoms with Gasteiger partial charge in [-0.05, 0) is 32.3 Å². The summed E-state index contributed by atoms with van der Waals surface area (Å²) in [4.78, 5) is 0. The van der Waals surface area contributed by atoms with Gasteiger partial charge in [0.05, 0.1) is 41.1 Å². The van der Waals surface area contributed by atoms with Crippen molar-refractivity contribution in [1.29, 1.82) is 0 Å². The predicted octanol–water partition coefficient (Wildman–Crippen LogP) is 2.64. The van der Waals surface area contributed by atoms with Crippen LogP contribution in [0.3, 0.4) is 0 Å². The van der Waals surface area contributed by atoms with E-state index in [0.29, 0.717) is 13.2 Å². The average Bonchev–Trinajstić information content (AvgIpc) is 2.45. The zero-order valence-electron chi connectivity index (χ0n) is 14.2. The van der Waals surface area contributed by atoms with E-state index >= 15 is 0 Å². The molecule has 0 spiro atoms. The summed E-state index contributed by atoms with van der Waals surface area (Å²) in [5.41, 5.74) is 1.08. The highest BCUT2D eigenvalue weighted by Gasteiger charge is 2.28. The smallest absolute Gasteiger partial charge is 0.0974 e. The predicted molar refractivity (Wildman–Crippen MR) is 91.8 cm³/mol. The molecule has 0 heterocycles. The Morgan fingerprint density at radius 3 is 2.32 bits per heavy atom. The molecule has 5 heteroatoms. The third-order valence-electron chi connectivity index (χ3n) is 3.32. The summed E-state index contributed by atoms with van der Waals surface area (Å²) in [6.45, 7) is 10.4. The summed E-state index contributed by atoms with van der Waals surface area (Å²) in [5.74, 6) is 0.0646. The minimum Gasteiger partial charge on any atom is -0.391 e. The molecule has 126 valence electrons. The van der Waals surface area contributed by atoms with Crippen molar-refractivity contribution in [3.05, 3.63) is 35.9 Å². The Kier molecular flexibility index (Phi) is 7.69. The van der Waals surface area contributed by atoms with Crippen LogP contribution < -0.4 is 4.72 Å². The van der Waals surface area contributed by atoms with Gasteiger partial charge < -0.3 is 9.84 Å². The monoisotopic (exact) mass is 327 g/mol. The van der Waals surface area contributed by atoms with Gasteiger partial charge in [0.2, 0.25) is 0 Å². The van der Waals surface area contributed by atoms with Gasteiger partial charge in [-0.15, -0.1) is 0 Å². The summed E-state index contributed by atoms with van der Waals surface area (Å²) >= 11 is 0. The highest BCUT2D eigenvalue weighted by molar-refractivity contribution is 7.84. The van der Waals surface area contributed by atoms with E-state index < -0.39 is 17.1 Å². The maximum absolute atomic E-state index is 12.3. The normalized spacial score (nSPS) is 16.5. The Balaban J connectivity index is 2.60. The van der Waals surface area contributed by atoms with Crippen LogP contribution in [0.25, 0.3) is 0 Å². The Hall–Kier alpha value is -0.750. The Morgan fingerprint density at radius 1 is 1.23 bits per heavy atom. The number of nitrogens with one attached hydrogen (secondary N) is 1. The standard InChI is InChI=1S/C17H29NO3S/c1-13(2)16(19)15(18-22(20)17(3,4)5)12-21-11-14-9-7-6-8-10-14/h6-10,13,15-16,18-19H,11-12H2,1-5H3/t15-,16+,22?/m0/s1. The Morgan fingerprint density at radius 2 is 1.82 bits per heavy atom. The van der Waals surface area contributed by atoms with Gasteiger partial charge in [0.1, 0.15) is 0 Å². The number of aliphatic hydroxyl groups is 1. The van der Waals surface area contributed by atoms with Crippen LogP contribution in [0.15, 0.2) is 30.3 Å². The molecule has 0 aliphatic rings. The van der Waals surface area contributed by atoms with Crippen molar-refractivity contribution in [1.82, 2.24) is 4.72 Å². The van der Waals surface area contributed by atoms with E-state index in [0.717, 1.165) is 5.56 Å². The van der Waals surface area contributed by atoms with E-state index in [1.165, 1.54) is 0 Å². The molecule has 2 N–H and O–H groups in total. The van der Waals surface area contributed by atoms with E-state index in [4.69, 9.17) is 4.74 Å². The van der Waals surface area contributed by atoms with E-state index in [-0.39, 0.29) is 16.7 Å². The lowest BCUT2D eigenvalue weighted by Crippen LogP contribution is -2.49. The molecule has 0 radical (unpaired) electrons. The molecule has 0 aliphatic heterocycles. The van der Waals surface area contributed by atoms with Crippen molar-refractivity contribution in [2.24, 2.45) is 5.92 Å². The van der Waals surface area contributed by atoms with Crippen LogP contribution in [0, 0.1) is 5.92 Å². The molecule has 1 unspecified atom stereocenters. The molecule has 1 rings (SSSR count). The number of hydrogen-bond acceptors (Lipinski definition) is 3. The average molecular weight is 327 g/mol. The second-order valence-corrected chi connectivity index (χ2v) is 8.84. The maximum atomic E-state index is 12.3. The number of rotatable bonds is 8. The first kappa shape index (κ1) is 19.3. The number of hydrogen-bond donors (Lipinski definition) is 2. The largest absolute Gasteiger partial charge is 0.391 e. The Labute approximate surface area is 136 Å². The van der Waals surface area contributed by atoms with E-state index in [9.17, 15) is 9.32 Å². The van der Waals surface area contributed by atoms with Crippen LogP contribution in [0.2, 0.25) is 0 Å². The van der Waals surface area contributed by atoms with E-state index in [1.54, 1.807) is 0 Å². The van der Waals surface area contributed by atoms with Crippen molar-refractivity contribution in [3.8, 4) is 0 Å². The summed E-state index contributed by atoms with van der Waals surface area (Å²) in [6, 6.07) is 9.52.